The lowest BCUT2D eigenvalue weighted by molar-refractivity contribution is 0.0950. The summed E-state index contributed by atoms with van der Waals surface area (Å²) in [5.41, 5.74) is 0.902. The molecule has 3 heterocycles. The minimum absolute atomic E-state index is 0.111. The molecule has 1 fully saturated rings. The number of aromatic nitrogens is 2. The summed E-state index contributed by atoms with van der Waals surface area (Å²) in [7, 11) is 2.15. The number of aromatic amines is 1. The van der Waals surface area contributed by atoms with Crippen molar-refractivity contribution in [3.05, 3.63) is 46.5 Å². The maximum atomic E-state index is 12.7. The Bertz CT molecular complexity index is 859. The molecule has 0 aliphatic carbocycles. The third kappa shape index (κ3) is 4.67. The molecule has 1 aliphatic heterocycles. The molecule has 0 unspecified atom stereocenters. The summed E-state index contributed by atoms with van der Waals surface area (Å²) in [6.45, 7) is 8.37. The summed E-state index contributed by atoms with van der Waals surface area (Å²) in [5.74, 6) is -0.132. The molecule has 0 spiro atoms. The van der Waals surface area contributed by atoms with Crippen molar-refractivity contribution >= 4 is 16.8 Å². The molecule has 7 nitrogen and oxygen atoms in total. The molecule has 0 saturated carbocycles. The number of carbonyl (C=O) groups excluding carboxylic acids is 1. The van der Waals surface area contributed by atoms with Gasteiger partial charge in [-0.25, -0.2) is 0 Å². The van der Waals surface area contributed by atoms with Gasteiger partial charge in [0.05, 0.1) is 5.56 Å². The number of nitrogens with one attached hydrogen (secondary N) is 2. The summed E-state index contributed by atoms with van der Waals surface area (Å²) in [5, 5.41) is 3.68. The molecular weight excluding hydrogens is 342 g/mol. The number of likely N-dealkylation sites (N-methyl/N-ethyl adjacent to an activating group) is 1. The minimum Gasteiger partial charge on any atom is -0.357 e. The van der Waals surface area contributed by atoms with Crippen LogP contribution in [0.25, 0.3) is 10.9 Å². The number of fused-ring (bicyclic) bond motifs is 1. The number of hydrogen-bond donors (Lipinski definition) is 2. The molecule has 2 aromatic rings. The topological polar surface area (TPSA) is 73.4 Å². The van der Waals surface area contributed by atoms with Crippen molar-refractivity contribution in [3.63, 3.8) is 0 Å². The van der Waals surface area contributed by atoms with E-state index in [0.29, 0.717) is 29.6 Å². The van der Waals surface area contributed by atoms with E-state index in [1.54, 1.807) is 23.0 Å². The fourth-order valence-corrected chi connectivity index (χ4v) is 3.41. The predicted molar refractivity (Wildman–Crippen MR) is 108 cm³/mol. The minimum atomic E-state index is -0.132. The number of H-pyrrole nitrogens is 1. The Kier molecular flexibility index (Phi) is 6.47. The first-order valence-corrected chi connectivity index (χ1v) is 9.61. The maximum absolute atomic E-state index is 12.7. The van der Waals surface area contributed by atoms with E-state index in [0.717, 1.165) is 39.1 Å². The summed E-state index contributed by atoms with van der Waals surface area (Å²) in [4.78, 5) is 32.9. The van der Waals surface area contributed by atoms with Crippen LogP contribution in [0.15, 0.2) is 35.4 Å². The predicted octanol–water partition coefficient (Wildman–Crippen LogP) is 1.27. The van der Waals surface area contributed by atoms with Crippen LogP contribution in [0.2, 0.25) is 0 Å². The highest BCUT2D eigenvalue weighted by molar-refractivity contribution is 6.05. The number of allylic oxidation sites excluding steroid dienone is 2. The zero-order valence-electron chi connectivity index (χ0n) is 16.2. The molecule has 1 aliphatic rings. The van der Waals surface area contributed by atoms with Gasteiger partial charge in [-0.05, 0) is 33.0 Å². The van der Waals surface area contributed by atoms with Crippen LogP contribution >= 0.6 is 0 Å². The molecule has 1 amide bonds. The van der Waals surface area contributed by atoms with Gasteiger partial charge in [0.15, 0.2) is 0 Å². The zero-order chi connectivity index (χ0) is 19.2. The highest BCUT2D eigenvalue weighted by Crippen LogP contribution is 2.14. The van der Waals surface area contributed by atoms with Crippen LogP contribution < -0.4 is 10.9 Å². The highest BCUT2D eigenvalue weighted by atomic mass is 16.2. The van der Waals surface area contributed by atoms with Crippen molar-refractivity contribution in [1.29, 1.82) is 0 Å². The first kappa shape index (κ1) is 19.4. The summed E-state index contributed by atoms with van der Waals surface area (Å²) < 4.78 is 1.57. The first-order valence-electron chi connectivity index (χ1n) is 9.61. The average molecular weight is 371 g/mol. The van der Waals surface area contributed by atoms with Crippen LogP contribution in [0.4, 0.5) is 0 Å². The first-order chi connectivity index (χ1) is 13.1. The van der Waals surface area contributed by atoms with Gasteiger partial charge in [-0.15, -0.1) is 0 Å². The Balaban J connectivity index is 1.62. The lowest BCUT2D eigenvalue weighted by atomic mass is 10.1. The molecule has 3 rings (SSSR count). The fourth-order valence-electron chi connectivity index (χ4n) is 3.41. The molecule has 0 atom stereocenters. The van der Waals surface area contributed by atoms with E-state index < -0.39 is 0 Å². The highest BCUT2D eigenvalue weighted by Gasteiger charge is 2.16. The van der Waals surface area contributed by atoms with Crippen molar-refractivity contribution in [1.82, 2.24) is 24.7 Å². The summed E-state index contributed by atoms with van der Waals surface area (Å²) >= 11 is 0. The van der Waals surface area contributed by atoms with Crippen molar-refractivity contribution in [2.75, 3.05) is 46.3 Å². The Morgan fingerprint density at radius 3 is 2.81 bits per heavy atom. The largest absolute Gasteiger partial charge is 0.357 e. The average Bonchev–Trinajstić information content (AvgIpc) is 3.16. The lowest BCUT2D eigenvalue weighted by Crippen LogP contribution is -2.45. The number of nitrogens with zero attached hydrogens (tertiary/aromatic N) is 3. The van der Waals surface area contributed by atoms with Crippen LogP contribution in [-0.2, 0) is 6.54 Å². The Morgan fingerprint density at radius 1 is 1.30 bits per heavy atom. The smallest absolute Gasteiger partial charge is 0.275 e. The van der Waals surface area contributed by atoms with E-state index in [4.69, 9.17) is 0 Å². The van der Waals surface area contributed by atoms with Gasteiger partial charge in [0.25, 0.3) is 11.5 Å². The Hall–Kier alpha value is -2.38. The molecule has 0 radical (unpaired) electrons. The van der Waals surface area contributed by atoms with Gasteiger partial charge in [0, 0.05) is 57.0 Å². The van der Waals surface area contributed by atoms with Crippen molar-refractivity contribution < 1.29 is 4.79 Å². The number of hydrogen-bond acceptors (Lipinski definition) is 4. The van der Waals surface area contributed by atoms with Gasteiger partial charge in [0.2, 0.25) is 0 Å². The molecular formula is C20H29N5O2. The van der Waals surface area contributed by atoms with Crippen molar-refractivity contribution in [2.45, 2.75) is 19.9 Å². The molecule has 0 bridgehead atoms. The Labute approximate surface area is 159 Å². The number of piperazine rings is 1. The van der Waals surface area contributed by atoms with Crippen LogP contribution in [0.1, 0.15) is 23.7 Å². The van der Waals surface area contributed by atoms with Crippen molar-refractivity contribution in [2.24, 2.45) is 0 Å². The monoisotopic (exact) mass is 371 g/mol. The second-order valence-corrected chi connectivity index (χ2v) is 7.09. The van der Waals surface area contributed by atoms with E-state index in [-0.39, 0.29) is 11.5 Å². The number of rotatable bonds is 7. The van der Waals surface area contributed by atoms with Gasteiger partial charge in [-0.1, -0.05) is 12.2 Å². The molecule has 2 N–H and O–H groups in total. The second kappa shape index (κ2) is 9.01. The van der Waals surface area contributed by atoms with E-state index >= 15 is 0 Å². The quantitative estimate of drug-likeness (QED) is 0.568. The van der Waals surface area contributed by atoms with Gasteiger partial charge in [0.1, 0.15) is 5.52 Å². The third-order valence-electron chi connectivity index (χ3n) is 5.11. The normalized spacial score (nSPS) is 16.4. The number of amides is 1. The zero-order valence-corrected chi connectivity index (χ0v) is 16.2. The number of pyridine rings is 1. The lowest BCUT2D eigenvalue weighted by Gasteiger charge is -2.32. The van der Waals surface area contributed by atoms with Gasteiger partial charge in [-0.2, -0.15) is 0 Å². The van der Waals surface area contributed by atoms with Gasteiger partial charge < -0.3 is 24.7 Å². The van der Waals surface area contributed by atoms with Gasteiger partial charge in [-0.3, -0.25) is 9.59 Å². The fraction of sp³-hybridized carbons (Fsp3) is 0.500. The van der Waals surface area contributed by atoms with E-state index in [1.807, 2.05) is 19.1 Å². The molecule has 1 saturated heterocycles. The Morgan fingerprint density at radius 2 is 2.07 bits per heavy atom. The standard InChI is InChI=1S/C20H29N5O2/c1-3-4-10-25-15-17(16-6-8-21-18(16)20(25)27)19(26)22-7-5-9-24-13-11-23(2)12-14-24/h3-4,6,8,15,21H,5,7,9-14H2,1-2H3,(H,22,26)/b4-3+. The molecule has 0 aromatic carbocycles. The van der Waals surface area contributed by atoms with E-state index in [1.165, 1.54) is 0 Å². The molecule has 7 heteroatoms. The summed E-state index contributed by atoms with van der Waals surface area (Å²) in [6.07, 6.45) is 8.08. The van der Waals surface area contributed by atoms with Crippen LogP contribution in [0.5, 0.6) is 0 Å². The maximum Gasteiger partial charge on any atom is 0.275 e. The van der Waals surface area contributed by atoms with Crippen LogP contribution in [0, 0.1) is 0 Å². The molecule has 27 heavy (non-hydrogen) atoms. The van der Waals surface area contributed by atoms with E-state index in [9.17, 15) is 9.59 Å². The molecule has 2 aromatic heterocycles. The SMILES string of the molecule is C/C=C/Cn1cc(C(=O)NCCCN2CCN(C)CC2)c2cc[nH]c2c1=O. The second-order valence-electron chi connectivity index (χ2n) is 7.09. The van der Waals surface area contributed by atoms with E-state index in [2.05, 4.69) is 27.1 Å². The van der Waals surface area contributed by atoms with Gasteiger partial charge >= 0.3 is 0 Å². The van der Waals surface area contributed by atoms with Crippen molar-refractivity contribution in [3.8, 4) is 0 Å². The third-order valence-corrected chi connectivity index (χ3v) is 5.11. The number of carbonyl (C=O) groups is 1. The summed E-state index contributed by atoms with van der Waals surface area (Å²) in [6, 6.07) is 1.79. The van der Waals surface area contributed by atoms with Crippen LogP contribution in [-0.4, -0.2) is 71.6 Å². The van der Waals surface area contributed by atoms with Crippen LogP contribution in [0.3, 0.4) is 0 Å². The molecule has 146 valence electrons.